The van der Waals surface area contributed by atoms with Gasteiger partial charge in [0.15, 0.2) is 0 Å². The monoisotopic (exact) mass is 205 g/mol. The molecule has 0 amide bonds. The Bertz CT molecular complexity index is 417. The summed E-state index contributed by atoms with van der Waals surface area (Å²) in [5.74, 6) is 0.542. The van der Waals surface area contributed by atoms with E-state index in [0.29, 0.717) is 11.0 Å². The van der Waals surface area contributed by atoms with Gasteiger partial charge in [-0.3, -0.25) is 0 Å². The fraction of sp³-hybridized carbons (Fsp3) is 0. The molecule has 0 saturated carbocycles. The summed E-state index contributed by atoms with van der Waals surface area (Å²) < 4.78 is 0. The van der Waals surface area contributed by atoms with E-state index in [0.717, 1.165) is 5.69 Å². The molecule has 14 heavy (non-hydrogen) atoms. The first kappa shape index (κ1) is 8.97. The van der Waals surface area contributed by atoms with E-state index in [2.05, 4.69) is 15.3 Å². The zero-order valence-electron chi connectivity index (χ0n) is 7.31. The van der Waals surface area contributed by atoms with Crippen molar-refractivity contribution in [1.82, 2.24) is 9.97 Å². The van der Waals surface area contributed by atoms with Crippen LogP contribution in [0.5, 0.6) is 0 Å². The van der Waals surface area contributed by atoms with Gasteiger partial charge in [-0.05, 0) is 18.2 Å². The van der Waals surface area contributed by atoms with Crippen LogP contribution in [0, 0.1) is 0 Å². The van der Waals surface area contributed by atoms with Crippen molar-refractivity contribution >= 4 is 23.2 Å². The molecule has 2 aromatic rings. The third kappa shape index (κ3) is 2.00. The van der Waals surface area contributed by atoms with Crippen molar-refractivity contribution in [2.24, 2.45) is 0 Å². The van der Waals surface area contributed by atoms with Crippen molar-refractivity contribution in [3.63, 3.8) is 0 Å². The minimum atomic E-state index is 0.542. The van der Waals surface area contributed by atoms with Gasteiger partial charge in [0, 0.05) is 12.4 Å². The molecule has 4 heteroatoms. The lowest BCUT2D eigenvalue weighted by Crippen LogP contribution is -1.95. The summed E-state index contributed by atoms with van der Waals surface area (Å²) in [6.07, 6.45) is 3.35. The highest BCUT2D eigenvalue weighted by Gasteiger charge is 1.99. The number of para-hydroxylation sites is 1. The van der Waals surface area contributed by atoms with Crippen molar-refractivity contribution in [2.45, 2.75) is 0 Å². The molecule has 0 aliphatic carbocycles. The van der Waals surface area contributed by atoms with Crippen LogP contribution < -0.4 is 5.32 Å². The molecule has 0 aliphatic heterocycles. The Morgan fingerprint density at radius 1 is 1.00 bits per heavy atom. The molecule has 1 aromatic carbocycles. The normalized spacial score (nSPS) is 9.79. The molecule has 0 unspecified atom stereocenters. The average Bonchev–Trinajstić information content (AvgIpc) is 2.23. The Kier molecular flexibility index (Phi) is 2.60. The number of halogens is 1. The number of rotatable bonds is 2. The molecule has 1 aromatic heterocycles. The van der Waals surface area contributed by atoms with E-state index in [-0.39, 0.29) is 0 Å². The van der Waals surface area contributed by atoms with E-state index in [1.807, 2.05) is 24.3 Å². The van der Waals surface area contributed by atoms with Gasteiger partial charge in [-0.2, -0.15) is 0 Å². The van der Waals surface area contributed by atoms with Crippen molar-refractivity contribution in [1.29, 1.82) is 0 Å². The van der Waals surface area contributed by atoms with Gasteiger partial charge in [0.2, 0.25) is 5.95 Å². The Labute approximate surface area is 86.8 Å². The van der Waals surface area contributed by atoms with Gasteiger partial charge in [0.25, 0.3) is 0 Å². The van der Waals surface area contributed by atoms with Crippen molar-refractivity contribution in [3.8, 4) is 0 Å². The lowest BCUT2D eigenvalue weighted by atomic mass is 10.3. The molecule has 0 aliphatic rings. The molecule has 1 N–H and O–H groups in total. The van der Waals surface area contributed by atoms with Crippen LogP contribution in [0.3, 0.4) is 0 Å². The number of nitrogens with zero attached hydrogens (tertiary/aromatic N) is 2. The Balaban J connectivity index is 2.24. The fourth-order valence-corrected chi connectivity index (χ4v) is 1.23. The van der Waals surface area contributed by atoms with E-state index < -0.39 is 0 Å². The van der Waals surface area contributed by atoms with Crippen LogP contribution in [-0.2, 0) is 0 Å². The van der Waals surface area contributed by atoms with Gasteiger partial charge in [-0.25, -0.2) is 9.97 Å². The van der Waals surface area contributed by atoms with Gasteiger partial charge < -0.3 is 5.32 Å². The molecule has 0 atom stereocenters. The smallest absolute Gasteiger partial charge is 0.227 e. The number of aromatic nitrogens is 2. The second kappa shape index (κ2) is 4.07. The molecule has 2 rings (SSSR count). The van der Waals surface area contributed by atoms with Gasteiger partial charge in [0.05, 0.1) is 10.7 Å². The molecule has 0 fully saturated rings. The van der Waals surface area contributed by atoms with Gasteiger partial charge in [-0.1, -0.05) is 23.7 Å². The maximum Gasteiger partial charge on any atom is 0.227 e. The summed E-state index contributed by atoms with van der Waals surface area (Å²) in [4.78, 5) is 8.07. The molecule has 1 heterocycles. The summed E-state index contributed by atoms with van der Waals surface area (Å²) >= 11 is 5.96. The second-order valence-corrected chi connectivity index (χ2v) is 3.08. The van der Waals surface area contributed by atoms with E-state index in [9.17, 15) is 0 Å². The van der Waals surface area contributed by atoms with E-state index >= 15 is 0 Å². The first-order valence-electron chi connectivity index (χ1n) is 4.15. The van der Waals surface area contributed by atoms with E-state index in [1.165, 1.54) is 0 Å². The largest absolute Gasteiger partial charge is 0.323 e. The Morgan fingerprint density at radius 3 is 2.43 bits per heavy atom. The zero-order valence-corrected chi connectivity index (χ0v) is 8.07. The number of benzene rings is 1. The lowest BCUT2D eigenvalue weighted by Gasteiger charge is -2.04. The minimum Gasteiger partial charge on any atom is -0.323 e. The zero-order chi connectivity index (χ0) is 9.80. The maximum absolute atomic E-state index is 5.96. The van der Waals surface area contributed by atoms with Crippen molar-refractivity contribution in [3.05, 3.63) is 47.7 Å². The molecule has 0 spiro atoms. The standard InChI is InChI=1S/C10H8ClN3/c11-8-4-1-2-5-9(8)14-10-12-6-3-7-13-10/h1-7H,(H,12,13,14). The fourth-order valence-electron chi connectivity index (χ4n) is 1.05. The topological polar surface area (TPSA) is 37.8 Å². The predicted molar refractivity (Wildman–Crippen MR) is 56.8 cm³/mol. The van der Waals surface area contributed by atoms with Crippen LogP contribution in [0.4, 0.5) is 11.6 Å². The SMILES string of the molecule is Clc1ccccc1Nc1ncccn1. The predicted octanol–water partition coefficient (Wildman–Crippen LogP) is 2.87. The van der Waals surface area contributed by atoms with Gasteiger partial charge in [-0.15, -0.1) is 0 Å². The van der Waals surface area contributed by atoms with Crippen molar-refractivity contribution < 1.29 is 0 Å². The van der Waals surface area contributed by atoms with Crippen LogP contribution in [-0.4, -0.2) is 9.97 Å². The van der Waals surface area contributed by atoms with E-state index in [1.54, 1.807) is 18.5 Å². The number of nitrogens with one attached hydrogen (secondary N) is 1. The summed E-state index contributed by atoms with van der Waals surface area (Å²) in [5.41, 5.74) is 0.806. The van der Waals surface area contributed by atoms with E-state index in [4.69, 9.17) is 11.6 Å². The first-order chi connectivity index (χ1) is 6.86. The third-order valence-electron chi connectivity index (χ3n) is 1.69. The minimum absolute atomic E-state index is 0.542. The Morgan fingerprint density at radius 2 is 1.71 bits per heavy atom. The van der Waals surface area contributed by atoms with Crippen molar-refractivity contribution in [2.75, 3.05) is 5.32 Å². The average molecular weight is 206 g/mol. The van der Waals surface area contributed by atoms with Crippen LogP contribution in [0.15, 0.2) is 42.7 Å². The van der Waals surface area contributed by atoms with Crippen LogP contribution >= 0.6 is 11.6 Å². The van der Waals surface area contributed by atoms with Crippen LogP contribution in [0.1, 0.15) is 0 Å². The highest BCUT2D eigenvalue weighted by atomic mass is 35.5. The second-order valence-electron chi connectivity index (χ2n) is 2.68. The summed E-state index contributed by atoms with van der Waals surface area (Å²) in [6, 6.07) is 9.22. The summed E-state index contributed by atoms with van der Waals surface area (Å²) in [7, 11) is 0. The van der Waals surface area contributed by atoms with Crippen LogP contribution in [0.2, 0.25) is 5.02 Å². The highest BCUT2D eigenvalue weighted by Crippen LogP contribution is 2.22. The molecule has 3 nitrogen and oxygen atoms in total. The quantitative estimate of drug-likeness (QED) is 0.819. The molecule has 0 radical (unpaired) electrons. The first-order valence-corrected chi connectivity index (χ1v) is 4.52. The number of anilines is 2. The third-order valence-corrected chi connectivity index (χ3v) is 2.02. The molecule has 0 bridgehead atoms. The Hall–Kier alpha value is -1.61. The van der Waals surface area contributed by atoms with Gasteiger partial charge in [0.1, 0.15) is 0 Å². The summed E-state index contributed by atoms with van der Waals surface area (Å²) in [6.45, 7) is 0. The lowest BCUT2D eigenvalue weighted by molar-refractivity contribution is 1.17. The number of hydrogen-bond acceptors (Lipinski definition) is 3. The molecular weight excluding hydrogens is 198 g/mol. The van der Waals surface area contributed by atoms with Gasteiger partial charge >= 0.3 is 0 Å². The maximum atomic E-state index is 5.96. The highest BCUT2D eigenvalue weighted by molar-refractivity contribution is 6.33. The number of hydrogen-bond donors (Lipinski definition) is 1. The molecule has 70 valence electrons. The molecule has 0 saturated heterocycles. The summed E-state index contributed by atoms with van der Waals surface area (Å²) in [5, 5.41) is 3.67. The molecular formula is C10H8ClN3. The van der Waals surface area contributed by atoms with Crippen LogP contribution in [0.25, 0.3) is 0 Å².